The average Bonchev–Trinajstić information content (AvgIpc) is 2.77. The van der Waals surface area contributed by atoms with E-state index in [9.17, 15) is 0 Å². The summed E-state index contributed by atoms with van der Waals surface area (Å²) in [5, 5.41) is 0. The molecule has 0 unspecified atom stereocenters. The predicted molar refractivity (Wildman–Crippen MR) is 76.0 cm³/mol. The maximum absolute atomic E-state index is 5.63. The van der Waals surface area contributed by atoms with Gasteiger partial charge in [-0.05, 0) is 35.9 Å². The molecular weight excluding hydrogens is 275 g/mol. The van der Waals surface area contributed by atoms with E-state index in [0.717, 1.165) is 21.1 Å². The molecule has 2 rings (SSSR count). The third-order valence-electron chi connectivity index (χ3n) is 2.23. The van der Waals surface area contributed by atoms with Crippen LogP contribution in [0.4, 0.5) is 0 Å². The van der Waals surface area contributed by atoms with Crippen molar-refractivity contribution >= 4 is 40.6 Å². The molecule has 0 aliphatic heterocycles. The summed E-state index contributed by atoms with van der Waals surface area (Å²) in [4.78, 5) is 2.19. The lowest BCUT2D eigenvalue weighted by atomic mass is 10.2. The summed E-state index contributed by atoms with van der Waals surface area (Å²) >= 11 is 12.9. The van der Waals surface area contributed by atoms with Gasteiger partial charge in [-0.25, -0.2) is 0 Å². The van der Waals surface area contributed by atoms with Gasteiger partial charge in [0.05, 0.1) is 7.11 Å². The molecule has 0 saturated heterocycles. The van der Waals surface area contributed by atoms with Gasteiger partial charge in [0.25, 0.3) is 0 Å². The van der Waals surface area contributed by atoms with E-state index in [0.29, 0.717) is 0 Å². The first-order chi connectivity index (χ1) is 8.19. The molecule has 2 aromatic rings. The van der Waals surface area contributed by atoms with Gasteiger partial charge in [0.2, 0.25) is 0 Å². The van der Waals surface area contributed by atoms with Crippen LogP contribution in [0, 0.1) is 0 Å². The molecule has 0 amide bonds. The molecule has 0 atom stereocenters. The van der Waals surface area contributed by atoms with Gasteiger partial charge < -0.3 is 4.74 Å². The molecule has 1 heterocycles. The Labute approximate surface area is 114 Å². The molecule has 0 radical (unpaired) electrons. The Bertz CT molecular complexity index is 542. The molecule has 0 saturated carbocycles. The van der Waals surface area contributed by atoms with Crippen molar-refractivity contribution in [3.63, 3.8) is 0 Å². The van der Waals surface area contributed by atoms with Crippen LogP contribution in [0.1, 0.15) is 4.88 Å². The zero-order valence-electron chi connectivity index (χ0n) is 9.11. The largest absolute Gasteiger partial charge is 0.497 e. The standard InChI is InChI=1S/C13H10Cl2OS/c1-16-10-4-2-3-9(7-10)12-6-5-11(17-12)8-13(14)15/h2-8H,1H3. The van der Waals surface area contributed by atoms with Crippen molar-refractivity contribution in [2.45, 2.75) is 0 Å². The average molecular weight is 285 g/mol. The second-order valence-electron chi connectivity index (χ2n) is 3.37. The lowest BCUT2D eigenvalue weighted by Crippen LogP contribution is -1.81. The summed E-state index contributed by atoms with van der Waals surface area (Å²) in [6.45, 7) is 0. The lowest BCUT2D eigenvalue weighted by Gasteiger charge is -2.01. The van der Waals surface area contributed by atoms with Gasteiger partial charge >= 0.3 is 0 Å². The topological polar surface area (TPSA) is 9.23 Å². The van der Waals surface area contributed by atoms with Gasteiger partial charge in [0.1, 0.15) is 10.2 Å². The van der Waals surface area contributed by atoms with Crippen molar-refractivity contribution in [3.05, 3.63) is 45.8 Å². The minimum Gasteiger partial charge on any atom is -0.497 e. The number of thiophene rings is 1. The first kappa shape index (κ1) is 12.5. The number of hydrogen-bond acceptors (Lipinski definition) is 2. The van der Waals surface area contributed by atoms with E-state index < -0.39 is 0 Å². The maximum atomic E-state index is 5.63. The number of methoxy groups -OCH3 is 1. The van der Waals surface area contributed by atoms with E-state index in [1.807, 2.05) is 36.4 Å². The van der Waals surface area contributed by atoms with Crippen molar-refractivity contribution in [1.29, 1.82) is 0 Å². The van der Waals surface area contributed by atoms with Gasteiger partial charge in [0.15, 0.2) is 0 Å². The number of halogens is 2. The summed E-state index contributed by atoms with van der Waals surface area (Å²) in [5.74, 6) is 0.850. The highest BCUT2D eigenvalue weighted by Crippen LogP contribution is 2.31. The number of benzene rings is 1. The highest BCUT2D eigenvalue weighted by atomic mass is 35.5. The van der Waals surface area contributed by atoms with Crippen LogP contribution in [0.5, 0.6) is 5.75 Å². The van der Waals surface area contributed by atoms with Crippen LogP contribution in [-0.4, -0.2) is 7.11 Å². The molecule has 0 aliphatic carbocycles. The third-order valence-corrected chi connectivity index (χ3v) is 3.53. The van der Waals surface area contributed by atoms with Crippen LogP contribution in [-0.2, 0) is 0 Å². The number of hydrogen-bond donors (Lipinski definition) is 0. The first-order valence-corrected chi connectivity index (χ1v) is 6.53. The van der Waals surface area contributed by atoms with Crippen molar-refractivity contribution in [2.24, 2.45) is 0 Å². The monoisotopic (exact) mass is 284 g/mol. The Morgan fingerprint density at radius 1 is 1.24 bits per heavy atom. The van der Waals surface area contributed by atoms with Gasteiger partial charge in [-0.15, -0.1) is 11.3 Å². The van der Waals surface area contributed by atoms with Crippen LogP contribution >= 0.6 is 34.5 Å². The van der Waals surface area contributed by atoms with E-state index >= 15 is 0 Å². The second-order valence-corrected chi connectivity index (χ2v) is 5.49. The SMILES string of the molecule is COc1cccc(-c2ccc(C=C(Cl)Cl)s2)c1. The fraction of sp³-hybridized carbons (Fsp3) is 0.0769. The molecule has 1 nitrogen and oxygen atoms in total. The molecule has 1 aromatic heterocycles. The zero-order valence-corrected chi connectivity index (χ0v) is 11.4. The molecular formula is C13H10Cl2OS. The van der Waals surface area contributed by atoms with Crippen molar-refractivity contribution < 1.29 is 4.74 Å². The predicted octanol–water partition coefficient (Wildman–Crippen LogP) is 5.20. The zero-order chi connectivity index (χ0) is 12.3. The van der Waals surface area contributed by atoms with E-state index in [2.05, 4.69) is 0 Å². The Hall–Kier alpha value is -0.960. The van der Waals surface area contributed by atoms with Gasteiger partial charge in [-0.2, -0.15) is 0 Å². The molecule has 88 valence electrons. The normalized spacial score (nSPS) is 10.1. The van der Waals surface area contributed by atoms with Crippen LogP contribution < -0.4 is 4.74 Å². The van der Waals surface area contributed by atoms with E-state index in [4.69, 9.17) is 27.9 Å². The van der Waals surface area contributed by atoms with Crippen molar-refractivity contribution in [2.75, 3.05) is 7.11 Å². The summed E-state index contributed by atoms with van der Waals surface area (Å²) in [6, 6.07) is 12.0. The van der Waals surface area contributed by atoms with E-state index in [-0.39, 0.29) is 4.49 Å². The minimum atomic E-state index is 0.268. The number of ether oxygens (including phenoxy) is 1. The van der Waals surface area contributed by atoms with E-state index in [1.54, 1.807) is 24.5 Å². The quantitative estimate of drug-likeness (QED) is 0.753. The van der Waals surface area contributed by atoms with Gasteiger partial charge in [-0.1, -0.05) is 35.3 Å². The van der Waals surface area contributed by atoms with Crippen molar-refractivity contribution in [1.82, 2.24) is 0 Å². The molecule has 1 aromatic carbocycles. The smallest absolute Gasteiger partial charge is 0.119 e. The summed E-state index contributed by atoms with van der Waals surface area (Å²) in [6.07, 6.45) is 1.73. The van der Waals surface area contributed by atoms with Crippen LogP contribution in [0.3, 0.4) is 0 Å². The lowest BCUT2D eigenvalue weighted by molar-refractivity contribution is 0.415. The highest BCUT2D eigenvalue weighted by Gasteiger charge is 2.03. The number of rotatable bonds is 3. The van der Waals surface area contributed by atoms with Gasteiger partial charge in [0, 0.05) is 9.75 Å². The van der Waals surface area contributed by atoms with Crippen LogP contribution in [0.2, 0.25) is 0 Å². The third kappa shape index (κ3) is 3.25. The summed E-state index contributed by atoms with van der Waals surface area (Å²) in [5.41, 5.74) is 1.12. The Kier molecular flexibility index (Phi) is 4.11. The minimum absolute atomic E-state index is 0.268. The molecule has 4 heteroatoms. The highest BCUT2D eigenvalue weighted by molar-refractivity contribution is 7.16. The van der Waals surface area contributed by atoms with Crippen molar-refractivity contribution in [3.8, 4) is 16.2 Å². The Morgan fingerprint density at radius 3 is 2.76 bits per heavy atom. The maximum Gasteiger partial charge on any atom is 0.119 e. The van der Waals surface area contributed by atoms with E-state index in [1.165, 1.54) is 0 Å². The molecule has 0 bridgehead atoms. The van der Waals surface area contributed by atoms with Crippen LogP contribution in [0.25, 0.3) is 16.5 Å². The van der Waals surface area contributed by atoms with Gasteiger partial charge in [-0.3, -0.25) is 0 Å². The fourth-order valence-corrected chi connectivity index (χ4v) is 2.78. The first-order valence-electron chi connectivity index (χ1n) is 4.96. The molecule has 17 heavy (non-hydrogen) atoms. The summed E-state index contributed by atoms with van der Waals surface area (Å²) in [7, 11) is 1.66. The Morgan fingerprint density at radius 2 is 2.06 bits per heavy atom. The fourth-order valence-electron chi connectivity index (χ4n) is 1.47. The summed E-state index contributed by atoms with van der Waals surface area (Å²) < 4.78 is 5.47. The molecule has 0 N–H and O–H groups in total. The Balaban J connectivity index is 2.33. The molecule has 0 fully saturated rings. The second kappa shape index (κ2) is 5.58. The van der Waals surface area contributed by atoms with Crippen LogP contribution in [0.15, 0.2) is 40.9 Å². The molecule has 0 aliphatic rings. The molecule has 0 spiro atoms.